The van der Waals surface area contributed by atoms with E-state index in [4.69, 9.17) is 10.00 Å². The Morgan fingerprint density at radius 3 is 2.59 bits per heavy atom. The molecule has 90 valence electrons. The zero-order valence-corrected chi connectivity index (χ0v) is 10.2. The van der Waals surface area contributed by atoms with Gasteiger partial charge in [0.2, 0.25) is 0 Å². The third-order valence-electron chi connectivity index (χ3n) is 2.44. The second-order valence-corrected chi connectivity index (χ2v) is 4.02. The van der Waals surface area contributed by atoms with E-state index in [-0.39, 0.29) is 11.8 Å². The SMILES string of the molecule is COc1ccccc1C(=O)NC(C#N)C(C)C. The molecule has 1 rings (SSSR count). The van der Waals surface area contributed by atoms with E-state index >= 15 is 0 Å². The highest BCUT2D eigenvalue weighted by atomic mass is 16.5. The second kappa shape index (κ2) is 5.90. The highest BCUT2D eigenvalue weighted by molar-refractivity contribution is 5.97. The summed E-state index contributed by atoms with van der Waals surface area (Å²) in [5, 5.41) is 11.6. The van der Waals surface area contributed by atoms with Crippen molar-refractivity contribution < 1.29 is 9.53 Å². The van der Waals surface area contributed by atoms with Gasteiger partial charge in [-0.25, -0.2) is 0 Å². The van der Waals surface area contributed by atoms with E-state index in [1.165, 1.54) is 7.11 Å². The normalized spacial score (nSPS) is 11.7. The van der Waals surface area contributed by atoms with E-state index in [1.54, 1.807) is 24.3 Å². The summed E-state index contributed by atoms with van der Waals surface area (Å²) in [4.78, 5) is 12.0. The summed E-state index contributed by atoms with van der Waals surface area (Å²) in [5.74, 6) is 0.284. The quantitative estimate of drug-likeness (QED) is 0.863. The van der Waals surface area contributed by atoms with Gasteiger partial charge in [-0.1, -0.05) is 26.0 Å². The molecule has 17 heavy (non-hydrogen) atoms. The molecule has 0 aliphatic heterocycles. The van der Waals surface area contributed by atoms with Gasteiger partial charge in [-0.2, -0.15) is 5.26 Å². The number of hydrogen-bond donors (Lipinski definition) is 1. The Morgan fingerprint density at radius 2 is 2.06 bits per heavy atom. The number of para-hydroxylation sites is 1. The minimum atomic E-state index is -0.493. The van der Waals surface area contributed by atoms with Gasteiger partial charge < -0.3 is 10.1 Å². The fourth-order valence-corrected chi connectivity index (χ4v) is 1.40. The molecule has 1 aromatic rings. The lowest BCUT2D eigenvalue weighted by Gasteiger charge is -2.15. The fraction of sp³-hybridized carbons (Fsp3) is 0.385. The number of amides is 1. The molecule has 0 aliphatic rings. The third kappa shape index (κ3) is 3.22. The van der Waals surface area contributed by atoms with Crippen molar-refractivity contribution in [2.45, 2.75) is 19.9 Å². The van der Waals surface area contributed by atoms with Gasteiger partial charge in [0.05, 0.1) is 18.7 Å². The van der Waals surface area contributed by atoms with Gasteiger partial charge in [-0.05, 0) is 18.1 Å². The van der Waals surface area contributed by atoms with Crippen molar-refractivity contribution in [2.24, 2.45) is 5.92 Å². The molecule has 1 amide bonds. The van der Waals surface area contributed by atoms with Crippen molar-refractivity contribution in [2.75, 3.05) is 7.11 Å². The summed E-state index contributed by atoms with van der Waals surface area (Å²) < 4.78 is 5.10. The van der Waals surface area contributed by atoms with Crippen LogP contribution in [0.2, 0.25) is 0 Å². The molecule has 0 radical (unpaired) electrons. The number of nitrogens with one attached hydrogen (secondary N) is 1. The lowest BCUT2D eigenvalue weighted by molar-refractivity contribution is 0.0934. The summed E-state index contributed by atoms with van der Waals surface area (Å²) in [5.41, 5.74) is 0.441. The van der Waals surface area contributed by atoms with Crippen LogP contribution in [0.1, 0.15) is 24.2 Å². The van der Waals surface area contributed by atoms with Crippen molar-refractivity contribution in [1.29, 1.82) is 5.26 Å². The van der Waals surface area contributed by atoms with Gasteiger partial charge in [0.1, 0.15) is 11.8 Å². The van der Waals surface area contributed by atoms with Crippen LogP contribution in [-0.4, -0.2) is 19.1 Å². The number of hydrogen-bond acceptors (Lipinski definition) is 3. The van der Waals surface area contributed by atoms with Gasteiger partial charge >= 0.3 is 0 Å². The van der Waals surface area contributed by atoms with E-state index in [0.717, 1.165) is 0 Å². The largest absolute Gasteiger partial charge is 0.496 e. The van der Waals surface area contributed by atoms with Crippen LogP contribution in [0.25, 0.3) is 0 Å². The highest BCUT2D eigenvalue weighted by Gasteiger charge is 2.18. The topological polar surface area (TPSA) is 62.1 Å². The van der Waals surface area contributed by atoms with Crippen LogP contribution in [0.5, 0.6) is 5.75 Å². The summed E-state index contributed by atoms with van der Waals surface area (Å²) >= 11 is 0. The second-order valence-electron chi connectivity index (χ2n) is 4.02. The number of nitriles is 1. The zero-order chi connectivity index (χ0) is 12.8. The Labute approximate surface area is 101 Å². The lowest BCUT2D eigenvalue weighted by atomic mass is 10.1. The van der Waals surface area contributed by atoms with Gasteiger partial charge in [0.25, 0.3) is 5.91 Å². The number of methoxy groups -OCH3 is 1. The van der Waals surface area contributed by atoms with Gasteiger partial charge in [0, 0.05) is 0 Å². The molecule has 0 aliphatic carbocycles. The molecule has 4 heteroatoms. The molecule has 0 saturated heterocycles. The van der Waals surface area contributed by atoms with Crippen LogP contribution < -0.4 is 10.1 Å². The molecule has 1 N–H and O–H groups in total. The molecule has 0 fully saturated rings. The van der Waals surface area contributed by atoms with Crippen molar-refractivity contribution in [1.82, 2.24) is 5.32 Å². The Morgan fingerprint density at radius 1 is 1.41 bits per heavy atom. The standard InChI is InChI=1S/C13H16N2O2/c1-9(2)11(8-14)15-13(16)10-6-4-5-7-12(10)17-3/h4-7,9,11H,1-3H3,(H,15,16). The van der Waals surface area contributed by atoms with E-state index in [2.05, 4.69) is 11.4 Å². The first-order chi connectivity index (χ1) is 8.10. The highest BCUT2D eigenvalue weighted by Crippen LogP contribution is 2.17. The first-order valence-corrected chi connectivity index (χ1v) is 5.43. The van der Waals surface area contributed by atoms with Crippen LogP contribution >= 0.6 is 0 Å². The molecule has 0 saturated carbocycles. The van der Waals surface area contributed by atoms with Crippen molar-refractivity contribution in [3.63, 3.8) is 0 Å². The maximum absolute atomic E-state index is 12.0. The molecule has 0 spiro atoms. The van der Waals surface area contributed by atoms with Crippen molar-refractivity contribution >= 4 is 5.91 Å². The maximum Gasteiger partial charge on any atom is 0.256 e. The van der Waals surface area contributed by atoms with Crippen LogP contribution in [-0.2, 0) is 0 Å². The predicted octanol–water partition coefficient (Wildman–Crippen LogP) is 1.97. The Bertz CT molecular complexity index is 435. The monoisotopic (exact) mass is 232 g/mol. The number of carbonyl (C=O) groups excluding carboxylic acids is 1. The minimum Gasteiger partial charge on any atom is -0.496 e. The molecular formula is C13H16N2O2. The summed E-state index contributed by atoms with van der Waals surface area (Å²) in [7, 11) is 1.51. The first kappa shape index (κ1) is 13.0. The van der Waals surface area contributed by atoms with Crippen LogP contribution in [0.15, 0.2) is 24.3 Å². The lowest BCUT2D eigenvalue weighted by Crippen LogP contribution is -2.37. The van der Waals surface area contributed by atoms with Crippen LogP contribution in [0, 0.1) is 17.2 Å². The Hall–Kier alpha value is -2.02. The number of ether oxygens (including phenoxy) is 1. The maximum atomic E-state index is 12.0. The molecule has 4 nitrogen and oxygen atoms in total. The van der Waals surface area contributed by atoms with E-state index in [1.807, 2.05) is 13.8 Å². The Kier molecular flexibility index (Phi) is 4.53. The molecule has 1 atom stereocenters. The number of benzene rings is 1. The third-order valence-corrected chi connectivity index (χ3v) is 2.44. The number of rotatable bonds is 4. The van der Waals surface area contributed by atoms with Crippen molar-refractivity contribution in [3.05, 3.63) is 29.8 Å². The summed E-state index contributed by atoms with van der Waals surface area (Å²) in [6.45, 7) is 3.77. The molecule has 0 bridgehead atoms. The van der Waals surface area contributed by atoms with Gasteiger partial charge in [-0.15, -0.1) is 0 Å². The van der Waals surface area contributed by atoms with Crippen LogP contribution in [0.3, 0.4) is 0 Å². The predicted molar refractivity (Wildman–Crippen MR) is 64.7 cm³/mol. The van der Waals surface area contributed by atoms with Gasteiger partial charge in [-0.3, -0.25) is 4.79 Å². The number of carbonyl (C=O) groups is 1. The number of nitrogens with zero attached hydrogens (tertiary/aromatic N) is 1. The van der Waals surface area contributed by atoms with Gasteiger partial charge in [0.15, 0.2) is 0 Å². The average molecular weight is 232 g/mol. The molecule has 0 aromatic heterocycles. The Balaban J connectivity index is 2.87. The first-order valence-electron chi connectivity index (χ1n) is 5.43. The smallest absolute Gasteiger partial charge is 0.256 e. The van der Waals surface area contributed by atoms with Crippen molar-refractivity contribution in [3.8, 4) is 11.8 Å². The van der Waals surface area contributed by atoms with Crippen LogP contribution in [0.4, 0.5) is 0 Å². The molecule has 1 aromatic carbocycles. The fourth-order valence-electron chi connectivity index (χ4n) is 1.40. The summed E-state index contributed by atoms with van der Waals surface area (Å²) in [6, 6.07) is 8.51. The molecule has 1 unspecified atom stereocenters. The molecular weight excluding hydrogens is 216 g/mol. The zero-order valence-electron chi connectivity index (χ0n) is 10.2. The molecule has 0 heterocycles. The van der Waals surface area contributed by atoms with E-state index in [9.17, 15) is 4.79 Å². The van der Waals surface area contributed by atoms with E-state index in [0.29, 0.717) is 11.3 Å². The minimum absolute atomic E-state index is 0.0682. The average Bonchev–Trinajstić information content (AvgIpc) is 2.35. The summed E-state index contributed by atoms with van der Waals surface area (Å²) in [6.07, 6.45) is 0. The van der Waals surface area contributed by atoms with E-state index < -0.39 is 6.04 Å².